The number of carbonyl (C=O) groups is 1. The standard InChI is InChI=1S/C12H15FN2OS/c1-8-3-4-10(7-11(8)13)14-12(16)15-5-6-17-9(15)2/h3-4,7,9H,5-6H2,1-2H3,(H,14,16). The van der Waals surface area contributed by atoms with Crippen LogP contribution in [-0.2, 0) is 0 Å². The molecule has 0 spiro atoms. The highest BCUT2D eigenvalue weighted by atomic mass is 32.2. The Balaban J connectivity index is 2.05. The van der Waals surface area contributed by atoms with Crippen LogP contribution in [0.1, 0.15) is 12.5 Å². The number of halogens is 1. The van der Waals surface area contributed by atoms with Gasteiger partial charge in [0.1, 0.15) is 5.82 Å². The van der Waals surface area contributed by atoms with Crippen LogP contribution in [-0.4, -0.2) is 28.6 Å². The summed E-state index contributed by atoms with van der Waals surface area (Å²) in [5, 5.41) is 2.90. The van der Waals surface area contributed by atoms with Crippen molar-refractivity contribution in [3.05, 3.63) is 29.6 Å². The Morgan fingerprint density at radius 2 is 2.35 bits per heavy atom. The zero-order valence-electron chi connectivity index (χ0n) is 9.87. The molecule has 17 heavy (non-hydrogen) atoms. The average Bonchev–Trinajstić information content (AvgIpc) is 2.70. The molecule has 1 heterocycles. The molecule has 2 amide bonds. The maximum absolute atomic E-state index is 13.3. The molecule has 1 unspecified atom stereocenters. The topological polar surface area (TPSA) is 32.3 Å². The minimum atomic E-state index is -0.299. The van der Waals surface area contributed by atoms with E-state index in [1.54, 1.807) is 35.7 Å². The van der Waals surface area contributed by atoms with E-state index in [1.165, 1.54) is 6.07 Å². The third-order valence-electron chi connectivity index (χ3n) is 2.81. The van der Waals surface area contributed by atoms with E-state index < -0.39 is 0 Å². The quantitative estimate of drug-likeness (QED) is 0.835. The van der Waals surface area contributed by atoms with E-state index in [2.05, 4.69) is 5.32 Å². The highest BCUT2D eigenvalue weighted by molar-refractivity contribution is 8.00. The Hall–Kier alpha value is -1.23. The predicted octanol–water partition coefficient (Wildman–Crippen LogP) is 3.06. The molecule has 1 aliphatic rings. The third kappa shape index (κ3) is 2.72. The lowest BCUT2D eigenvalue weighted by Crippen LogP contribution is -2.36. The molecule has 1 aliphatic heterocycles. The monoisotopic (exact) mass is 254 g/mol. The Labute approximate surface area is 104 Å². The van der Waals surface area contributed by atoms with Crippen LogP contribution < -0.4 is 5.32 Å². The minimum Gasteiger partial charge on any atom is -0.312 e. The molecular formula is C12H15FN2OS. The van der Waals surface area contributed by atoms with Crippen molar-refractivity contribution in [3.63, 3.8) is 0 Å². The second kappa shape index (κ2) is 4.96. The summed E-state index contributed by atoms with van der Waals surface area (Å²) >= 11 is 1.74. The Morgan fingerprint density at radius 1 is 1.59 bits per heavy atom. The average molecular weight is 254 g/mol. The van der Waals surface area contributed by atoms with Crippen molar-refractivity contribution in [1.82, 2.24) is 4.90 Å². The Morgan fingerprint density at radius 3 is 2.94 bits per heavy atom. The van der Waals surface area contributed by atoms with Crippen molar-refractivity contribution >= 4 is 23.5 Å². The smallest absolute Gasteiger partial charge is 0.312 e. The molecule has 0 aromatic heterocycles. The molecular weight excluding hydrogens is 239 g/mol. The van der Waals surface area contributed by atoms with Gasteiger partial charge in [-0.2, -0.15) is 0 Å². The first-order valence-corrected chi connectivity index (χ1v) is 6.58. The molecule has 0 bridgehead atoms. The summed E-state index contributed by atoms with van der Waals surface area (Å²) in [6.45, 7) is 4.43. The van der Waals surface area contributed by atoms with Gasteiger partial charge in [0, 0.05) is 18.0 Å². The Bertz CT molecular complexity index is 439. The lowest BCUT2D eigenvalue weighted by molar-refractivity contribution is 0.216. The van der Waals surface area contributed by atoms with Gasteiger partial charge in [-0.3, -0.25) is 0 Å². The molecule has 0 aliphatic carbocycles. The van der Waals surface area contributed by atoms with Gasteiger partial charge in [-0.05, 0) is 31.5 Å². The molecule has 5 heteroatoms. The zero-order chi connectivity index (χ0) is 12.4. The number of amides is 2. The number of carbonyl (C=O) groups excluding carboxylic acids is 1. The van der Waals surface area contributed by atoms with Crippen molar-refractivity contribution in [2.75, 3.05) is 17.6 Å². The largest absolute Gasteiger partial charge is 0.322 e. The molecule has 1 saturated heterocycles. The predicted molar refractivity (Wildman–Crippen MR) is 68.8 cm³/mol. The van der Waals surface area contributed by atoms with Crippen molar-refractivity contribution < 1.29 is 9.18 Å². The van der Waals surface area contributed by atoms with Gasteiger partial charge in [0.2, 0.25) is 0 Å². The first kappa shape index (κ1) is 12.2. The number of nitrogens with zero attached hydrogens (tertiary/aromatic N) is 1. The van der Waals surface area contributed by atoms with Crippen molar-refractivity contribution in [1.29, 1.82) is 0 Å². The molecule has 1 N–H and O–H groups in total. The Kier molecular flexibility index (Phi) is 3.57. The molecule has 3 nitrogen and oxygen atoms in total. The molecule has 0 radical (unpaired) electrons. The summed E-state index contributed by atoms with van der Waals surface area (Å²) in [6.07, 6.45) is 0. The number of thioether (sulfide) groups is 1. The molecule has 1 aromatic rings. The number of rotatable bonds is 1. The highest BCUT2D eigenvalue weighted by Crippen LogP contribution is 2.24. The van der Waals surface area contributed by atoms with Crippen LogP contribution >= 0.6 is 11.8 Å². The summed E-state index contributed by atoms with van der Waals surface area (Å²) in [5.74, 6) is 0.656. The van der Waals surface area contributed by atoms with Crippen LogP contribution in [0.4, 0.5) is 14.9 Å². The van der Waals surface area contributed by atoms with E-state index in [9.17, 15) is 9.18 Å². The lowest BCUT2D eigenvalue weighted by atomic mass is 10.2. The molecule has 2 rings (SSSR count). The van der Waals surface area contributed by atoms with E-state index in [1.807, 2.05) is 6.92 Å². The fraction of sp³-hybridized carbons (Fsp3) is 0.417. The van der Waals surface area contributed by atoms with Crippen molar-refractivity contribution in [3.8, 4) is 0 Å². The lowest BCUT2D eigenvalue weighted by Gasteiger charge is -2.20. The fourth-order valence-corrected chi connectivity index (χ4v) is 2.75. The first-order chi connectivity index (χ1) is 8.08. The molecule has 1 aromatic carbocycles. The van der Waals surface area contributed by atoms with E-state index in [0.717, 1.165) is 12.3 Å². The van der Waals surface area contributed by atoms with E-state index in [0.29, 0.717) is 11.3 Å². The molecule has 0 saturated carbocycles. The SMILES string of the molecule is Cc1ccc(NC(=O)N2CCSC2C)cc1F. The van der Waals surface area contributed by atoms with Gasteiger partial charge >= 0.3 is 6.03 Å². The van der Waals surface area contributed by atoms with Crippen molar-refractivity contribution in [2.24, 2.45) is 0 Å². The maximum Gasteiger partial charge on any atom is 0.322 e. The number of urea groups is 1. The van der Waals surface area contributed by atoms with E-state index >= 15 is 0 Å². The van der Waals surface area contributed by atoms with Crippen molar-refractivity contribution in [2.45, 2.75) is 19.2 Å². The summed E-state index contributed by atoms with van der Waals surface area (Å²) in [4.78, 5) is 13.7. The number of aryl methyl sites for hydroxylation is 1. The van der Waals surface area contributed by atoms with Gasteiger partial charge in [0.15, 0.2) is 0 Å². The second-order valence-electron chi connectivity index (χ2n) is 4.06. The molecule has 1 atom stereocenters. The van der Waals surface area contributed by atoms with E-state index in [4.69, 9.17) is 0 Å². The van der Waals surface area contributed by atoms with Crippen LogP contribution in [0.3, 0.4) is 0 Å². The van der Waals surface area contributed by atoms with Crippen LogP contribution in [0.25, 0.3) is 0 Å². The normalized spacial score (nSPS) is 19.5. The summed E-state index contributed by atoms with van der Waals surface area (Å²) in [6, 6.07) is 4.56. The van der Waals surface area contributed by atoms with Gasteiger partial charge < -0.3 is 10.2 Å². The van der Waals surface area contributed by atoms with Gasteiger partial charge in [0.05, 0.1) is 5.37 Å². The van der Waals surface area contributed by atoms with Gasteiger partial charge in [-0.1, -0.05) is 6.07 Å². The zero-order valence-corrected chi connectivity index (χ0v) is 10.7. The van der Waals surface area contributed by atoms with Crippen LogP contribution in [0.2, 0.25) is 0 Å². The minimum absolute atomic E-state index is 0.161. The fourth-order valence-electron chi connectivity index (χ4n) is 1.73. The first-order valence-electron chi connectivity index (χ1n) is 5.53. The molecule has 92 valence electrons. The number of hydrogen-bond donors (Lipinski definition) is 1. The third-order valence-corrected chi connectivity index (χ3v) is 3.97. The van der Waals surface area contributed by atoms with Crippen LogP contribution in [0, 0.1) is 12.7 Å². The van der Waals surface area contributed by atoms with Crippen LogP contribution in [0.5, 0.6) is 0 Å². The summed E-state index contributed by atoms with van der Waals surface area (Å²) < 4.78 is 13.3. The molecule has 1 fully saturated rings. The number of hydrogen-bond acceptors (Lipinski definition) is 2. The van der Waals surface area contributed by atoms with Gasteiger partial charge in [-0.25, -0.2) is 9.18 Å². The van der Waals surface area contributed by atoms with Gasteiger partial charge in [0.25, 0.3) is 0 Å². The number of nitrogens with one attached hydrogen (secondary N) is 1. The second-order valence-corrected chi connectivity index (χ2v) is 5.48. The van der Waals surface area contributed by atoms with E-state index in [-0.39, 0.29) is 17.2 Å². The highest BCUT2D eigenvalue weighted by Gasteiger charge is 2.25. The van der Waals surface area contributed by atoms with Gasteiger partial charge in [-0.15, -0.1) is 11.8 Å². The number of anilines is 1. The van der Waals surface area contributed by atoms with Crippen LogP contribution in [0.15, 0.2) is 18.2 Å². The number of benzene rings is 1. The summed E-state index contributed by atoms with van der Waals surface area (Å²) in [5.41, 5.74) is 1.08. The maximum atomic E-state index is 13.3. The summed E-state index contributed by atoms with van der Waals surface area (Å²) in [7, 11) is 0.